The van der Waals surface area contributed by atoms with Gasteiger partial charge >= 0.3 is 0 Å². The van der Waals surface area contributed by atoms with Crippen molar-refractivity contribution < 1.29 is 13.9 Å². The lowest BCUT2D eigenvalue weighted by molar-refractivity contribution is -0.131. The number of rotatable bonds is 5. The monoisotopic (exact) mass is 394 g/mol. The van der Waals surface area contributed by atoms with E-state index in [1.807, 2.05) is 13.8 Å². The molecule has 2 aromatic rings. The van der Waals surface area contributed by atoms with Crippen LogP contribution in [0, 0.1) is 5.82 Å². The van der Waals surface area contributed by atoms with Crippen molar-refractivity contribution in [3.8, 4) is 5.75 Å². The number of anilines is 1. The summed E-state index contributed by atoms with van der Waals surface area (Å²) in [5.41, 5.74) is 0.674. The maximum Gasteiger partial charge on any atom is 0.285 e. The van der Waals surface area contributed by atoms with Crippen molar-refractivity contribution in [2.75, 3.05) is 24.5 Å². The summed E-state index contributed by atoms with van der Waals surface area (Å²) in [4.78, 5) is 27.6. The number of aromatic nitrogens is 2. The minimum atomic E-state index is -0.495. The molecule has 0 atom stereocenters. The van der Waals surface area contributed by atoms with Gasteiger partial charge in [-0.1, -0.05) is 17.7 Å². The van der Waals surface area contributed by atoms with E-state index in [-0.39, 0.29) is 29.4 Å². The lowest BCUT2D eigenvalue weighted by Crippen LogP contribution is -2.50. The molecule has 0 bridgehead atoms. The number of piperazine rings is 1. The van der Waals surface area contributed by atoms with E-state index in [0.717, 1.165) is 5.56 Å². The Balaban J connectivity index is 1.74. The van der Waals surface area contributed by atoms with Gasteiger partial charge < -0.3 is 14.5 Å². The summed E-state index contributed by atoms with van der Waals surface area (Å²) in [5, 5.41) is 6.00. The number of nitrogens with zero attached hydrogens (tertiary/aromatic N) is 3. The molecule has 1 aromatic carbocycles. The Morgan fingerprint density at radius 1 is 1.33 bits per heavy atom. The largest absolute Gasteiger partial charge is 0.491 e. The second-order valence-corrected chi connectivity index (χ2v) is 6.93. The number of carbonyl (C=O) groups is 1. The van der Waals surface area contributed by atoms with Gasteiger partial charge in [0.1, 0.15) is 16.6 Å². The Bertz CT molecular complexity index is 902. The minimum Gasteiger partial charge on any atom is -0.491 e. The summed E-state index contributed by atoms with van der Waals surface area (Å²) in [6.07, 6.45) is 1.32. The van der Waals surface area contributed by atoms with E-state index in [4.69, 9.17) is 16.3 Å². The molecule has 1 aliphatic heterocycles. The number of carbonyl (C=O) groups excluding carboxylic acids is 1. The van der Waals surface area contributed by atoms with Crippen LogP contribution >= 0.6 is 11.6 Å². The van der Waals surface area contributed by atoms with Crippen molar-refractivity contribution in [2.45, 2.75) is 26.5 Å². The topological polar surface area (TPSA) is 78.5 Å². The van der Waals surface area contributed by atoms with E-state index in [2.05, 4.69) is 10.2 Å². The van der Waals surface area contributed by atoms with E-state index >= 15 is 0 Å². The Labute approximate surface area is 160 Å². The van der Waals surface area contributed by atoms with Gasteiger partial charge in [-0.25, -0.2) is 9.49 Å². The summed E-state index contributed by atoms with van der Waals surface area (Å²) in [5.74, 6) is -0.0820. The third kappa shape index (κ3) is 4.39. The average molecular weight is 395 g/mol. The number of hydrogen-bond acceptors (Lipinski definition) is 5. The van der Waals surface area contributed by atoms with Crippen LogP contribution in [-0.2, 0) is 11.3 Å². The molecule has 1 saturated heterocycles. The van der Waals surface area contributed by atoms with Crippen LogP contribution < -0.4 is 15.2 Å². The third-order valence-corrected chi connectivity index (χ3v) is 4.55. The van der Waals surface area contributed by atoms with Gasteiger partial charge in [0.15, 0.2) is 0 Å². The van der Waals surface area contributed by atoms with Gasteiger partial charge in [-0.3, -0.25) is 9.59 Å². The molecule has 0 spiro atoms. The molecule has 144 valence electrons. The fourth-order valence-corrected chi connectivity index (χ4v) is 3.11. The normalized spacial score (nSPS) is 14.8. The number of nitrogens with one attached hydrogen (secondary N) is 1. The molecule has 1 N–H and O–H groups in total. The maximum atomic E-state index is 13.5. The highest BCUT2D eigenvalue weighted by Crippen LogP contribution is 2.26. The highest BCUT2D eigenvalue weighted by atomic mass is 35.5. The van der Waals surface area contributed by atoms with Crippen molar-refractivity contribution >= 4 is 23.2 Å². The molecular formula is C18H20ClFN4O3. The van der Waals surface area contributed by atoms with Crippen molar-refractivity contribution in [1.82, 2.24) is 15.1 Å². The predicted octanol–water partition coefficient (Wildman–Crippen LogP) is 2.20. The first-order valence-corrected chi connectivity index (χ1v) is 8.94. The molecule has 3 rings (SSSR count). The Morgan fingerprint density at radius 3 is 2.81 bits per heavy atom. The van der Waals surface area contributed by atoms with Gasteiger partial charge in [0.25, 0.3) is 5.56 Å². The number of benzene rings is 1. The van der Waals surface area contributed by atoms with Crippen LogP contribution in [0.5, 0.6) is 5.75 Å². The maximum absolute atomic E-state index is 13.5. The molecule has 0 radical (unpaired) electrons. The highest BCUT2D eigenvalue weighted by molar-refractivity contribution is 6.33. The fourth-order valence-electron chi connectivity index (χ4n) is 2.90. The van der Waals surface area contributed by atoms with Gasteiger partial charge in [-0.2, -0.15) is 5.10 Å². The molecule has 7 nitrogen and oxygen atoms in total. The van der Waals surface area contributed by atoms with Crippen LogP contribution in [0.1, 0.15) is 19.4 Å². The number of hydrogen-bond donors (Lipinski definition) is 1. The third-order valence-electron chi connectivity index (χ3n) is 4.19. The number of H-pyrrole nitrogens is 1. The zero-order valence-corrected chi connectivity index (χ0v) is 15.8. The Kier molecular flexibility index (Phi) is 5.65. The number of aromatic amines is 1. The quantitative estimate of drug-likeness (QED) is 0.841. The second-order valence-electron chi connectivity index (χ2n) is 6.55. The number of ether oxygens (including phenoxy) is 1. The second kappa shape index (κ2) is 7.96. The molecule has 9 heteroatoms. The van der Waals surface area contributed by atoms with E-state index in [9.17, 15) is 14.0 Å². The molecule has 27 heavy (non-hydrogen) atoms. The predicted molar refractivity (Wildman–Crippen MR) is 99.7 cm³/mol. The summed E-state index contributed by atoms with van der Waals surface area (Å²) in [7, 11) is 0. The molecule has 0 aliphatic carbocycles. The lowest BCUT2D eigenvalue weighted by Gasteiger charge is -2.35. The Morgan fingerprint density at radius 2 is 2.11 bits per heavy atom. The molecule has 0 saturated carbocycles. The van der Waals surface area contributed by atoms with Crippen molar-refractivity contribution in [2.24, 2.45) is 0 Å². The van der Waals surface area contributed by atoms with E-state index in [0.29, 0.717) is 31.1 Å². The molecule has 1 fully saturated rings. The van der Waals surface area contributed by atoms with Crippen LogP contribution in [0.25, 0.3) is 0 Å². The zero-order valence-electron chi connectivity index (χ0n) is 15.0. The van der Waals surface area contributed by atoms with E-state index < -0.39 is 5.56 Å². The van der Waals surface area contributed by atoms with E-state index in [1.54, 1.807) is 15.9 Å². The molecule has 1 amide bonds. The first-order chi connectivity index (χ1) is 12.8. The van der Waals surface area contributed by atoms with Gasteiger partial charge in [0, 0.05) is 31.3 Å². The lowest BCUT2D eigenvalue weighted by atomic mass is 10.1. The van der Waals surface area contributed by atoms with Gasteiger partial charge in [0.05, 0.1) is 24.5 Å². The van der Waals surface area contributed by atoms with Crippen molar-refractivity contribution in [3.63, 3.8) is 0 Å². The Hall–Kier alpha value is -2.61. The number of halogens is 2. The molecule has 0 unspecified atom stereocenters. The van der Waals surface area contributed by atoms with Crippen LogP contribution in [0.3, 0.4) is 0 Å². The van der Waals surface area contributed by atoms with Crippen LogP contribution in [0.15, 0.2) is 29.2 Å². The van der Waals surface area contributed by atoms with Crippen molar-refractivity contribution in [1.29, 1.82) is 0 Å². The summed E-state index contributed by atoms with van der Waals surface area (Å²) in [6.45, 7) is 5.04. The first-order valence-electron chi connectivity index (χ1n) is 8.56. The smallest absolute Gasteiger partial charge is 0.285 e. The van der Waals surface area contributed by atoms with Crippen molar-refractivity contribution in [3.05, 3.63) is 51.2 Å². The number of amides is 1. The van der Waals surface area contributed by atoms with Gasteiger partial charge in [0.2, 0.25) is 5.91 Å². The SMILES string of the molecule is CC(C)Oc1cc(F)ccc1CN1CCN(c2cn[nH]c(=O)c2Cl)CC1=O. The van der Waals surface area contributed by atoms with Crippen LogP contribution in [0.4, 0.5) is 10.1 Å². The molecular weight excluding hydrogens is 375 g/mol. The molecule has 1 aliphatic rings. The fraction of sp³-hybridized carbons (Fsp3) is 0.389. The first kappa shape index (κ1) is 19.2. The zero-order chi connectivity index (χ0) is 19.6. The van der Waals surface area contributed by atoms with Gasteiger partial charge in [-0.15, -0.1) is 0 Å². The standard InChI is InChI=1S/C18H20ClFN4O3/c1-11(2)27-15-7-13(20)4-3-12(15)9-24-6-5-23(10-16(24)25)14-8-21-22-18(26)17(14)19/h3-4,7-8,11H,5-6,9-10H2,1-2H3,(H,22,26). The van der Waals surface area contributed by atoms with Gasteiger partial charge in [-0.05, 0) is 19.9 Å². The summed E-state index contributed by atoms with van der Waals surface area (Å²) in [6, 6.07) is 4.31. The summed E-state index contributed by atoms with van der Waals surface area (Å²) < 4.78 is 19.2. The van der Waals surface area contributed by atoms with Crippen LogP contribution in [-0.4, -0.2) is 46.7 Å². The molecule has 1 aromatic heterocycles. The highest BCUT2D eigenvalue weighted by Gasteiger charge is 2.27. The minimum absolute atomic E-state index is 0.0115. The average Bonchev–Trinajstić information content (AvgIpc) is 2.60. The molecule has 2 heterocycles. The summed E-state index contributed by atoms with van der Waals surface area (Å²) >= 11 is 6.02. The van der Waals surface area contributed by atoms with Crippen LogP contribution in [0.2, 0.25) is 5.02 Å². The van der Waals surface area contributed by atoms with E-state index in [1.165, 1.54) is 18.3 Å².